The van der Waals surface area contributed by atoms with Crippen molar-refractivity contribution in [3.05, 3.63) is 36.5 Å². The molecule has 0 amide bonds. The van der Waals surface area contributed by atoms with E-state index in [0.29, 0.717) is 19.6 Å². The van der Waals surface area contributed by atoms with Gasteiger partial charge >= 0.3 is 5.97 Å². The maximum Gasteiger partial charge on any atom is 0.306 e. The SMILES string of the molecule is CCCCCCC/C=C\C/C=C\C/C=C\CCCCCCCCC(=O)OC(CO)COCCCCCCCCCCCCC. The zero-order valence-corrected chi connectivity index (χ0v) is 29.4. The molecule has 4 nitrogen and oxygen atoms in total. The Morgan fingerprint density at radius 3 is 1.43 bits per heavy atom. The molecule has 258 valence electrons. The summed E-state index contributed by atoms with van der Waals surface area (Å²) >= 11 is 0. The summed E-state index contributed by atoms with van der Waals surface area (Å²) in [7, 11) is 0. The number of allylic oxidation sites excluding steroid dienone is 6. The third-order valence-electron chi connectivity index (χ3n) is 8.22. The molecule has 0 fully saturated rings. The van der Waals surface area contributed by atoms with Gasteiger partial charge in [0, 0.05) is 13.0 Å². The van der Waals surface area contributed by atoms with Crippen LogP contribution in [0.2, 0.25) is 0 Å². The van der Waals surface area contributed by atoms with Crippen LogP contribution in [0.3, 0.4) is 0 Å². The van der Waals surface area contributed by atoms with Crippen LogP contribution in [0.15, 0.2) is 36.5 Å². The van der Waals surface area contributed by atoms with Crippen LogP contribution in [0.4, 0.5) is 0 Å². The van der Waals surface area contributed by atoms with Gasteiger partial charge < -0.3 is 14.6 Å². The first-order valence-electron chi connectivity index (χ1n) is 19.1. The zero-order valence-electron chi connectivity index (χ0n) is 29.4. The fraction of sp³-hybridized carbons (Fsp3) is 0.825. The van der Waals surface area contributed by atoms with E-state index >= 15 is 0 Å². The van der Waals surface area contributed by atoms with Gasteiger partial charge in [0.15, 0.2) is 0 Å². The fourth-order valence-corrected chi connectivity index (χ4v) is 5.33. The van der Waals surface area contributed by atoms with Crippen molar-refractivity contribution in [1.82, 2.24) is 0 Å². The van der Waals surface area contributed by atoms with Crippen LogP contribution in [0.5, 0.6) is 0 Å². The van der Waals surface area contributed by atoms with Crippen molar-refractivity contribution < 1.29 is 19.4 Å². The van der Waals surface area contributed by atoms with Gasteiger partial charge in [0.05, 0.1) is 13.2 Å². The lowest BCUT2D eigenvalue weighted by molar-refractivity contribution is -0.154. The van der Waals surface area contributed by atoms with E-state index in [0.717, 1.165) is 44.9 Å². The molecule has 44 heavy (non-hydrogen) atoms. The van der Waals surface area contributed by atoms with E-state index in [-0.39, 0.29) is 12.6 Å². The molecular weight excluding hydrogens is 544 g/mol. The van der Waals surface area contributed by atoms with Gasteiger partial charge in [-0.2, -0.15) is 0 Å². The number of hydrogen-bond acceptors (Lipinski definition) is 4. The second kappa shape index (κ2) is 37.8. The van der Waals surface area contributed by atoms with Crippen molar-refractivity contribution in [3.63, 3.8) is 0 Å². The Hall–Kier alpha value is -1.39. The Morgan fingerprint density at radius 2 is 0.955 bits per heavy atom. The van der Waals surface area contributed by atoms with E-state index in [9.17, 15) is 9.90 Å². The fourth-order valence-electron chi connectivity index (χ4n) is 5.33. The highest BCUT2D eigenvalue weighted by molar-refractivity contribution is 5.69. The molecule has 0 saturated carbocycles. The number of unbranched alkanes of at least 4 members (excludes halogenated alkanes) is 21. The topological polar surface area (TPSA) is 55.8 Å². The quantitative estimate of drug-likeness (QED) is 0.0436. The number of hydrogen-bond donors (Lipinski definition) is 1. The number of aliphatic hydroxyl groups is 1. The van der Waals surface area contributed by atoms with Crippen LogP contribution < -0.4 is 0 Å². The Balaban J connectivity index is 3.48. The van der Waals surface area contributed by atoms with Crippen molar-refractivity contribution in [2.45, 2.75) is 193 Å². The highest BCUT2D eigenvalue weighted by Crippen LogP contribution is 2.12. The lowest BCUT2D eigenvalue weighted by Gasteiger charge is -2.15. The molecule has 0 aliphatic rings. The van der Waals surface area contributed by atoms with Gasteiger partial charge in [0.2, 0.25) is 0 Å². The number of rotatable bonds is 35. The van der Waals surface area contributed by atoms with E-state index in [2.05, 4.69) is 50.3 Å². The monoisotopic (exact) mass is 619 g/mol. The summed E-state index contributed by atoms with van der Waals surface area (Å²) in [5.41, 5.74) is 0. The molecule has 1 N–H and O–H groups in total. The lowest BCUT2D eigenvalue weighted by atomic mass is 10.1. The van der Waals surface area contributed by atoms with Crippen LogP contribution in [0.25, 0.3) is 0 Å². The molecule has 0 aromatic heterocycles. The predicted molar refractivity (Wildman–Crippen MR) is 191 cm³/mol. The predicted octanol–water partition coefficient (Wildman–Crippen LogP) is 12.1. The lowest BCUT2D eigenvalue weighted by Crippen LogP contribution is -2.27. The average molecular weight is 619 g/mol. The van der Waals surface area contributed by atoms with Gasteiger partial charge in [-0.05, 0) is 51.4 Å². The highest BCUT2D eigenvalue weighted by atomic mass is 16.6. The third-order valence-corrected chi connectivity index (χ3v) is 8.22. The molecule has 0 aliphatic carbocycles. The van der Waals surface area contributed by atoms with Crippen molar-refractivity contribution >= 4 is 5.97 Å². The Kier molecular flexibility index (Phi) is 36.6. The molecule has 4 heteroatoms. The van der Waals surface area contributed by atoms with Crippen molar-refractivity contribution in [2.24, 2.45) is 0 Å². The third kappa shape index (κ3) is 35.1. The van der Waals surface area contributed by atoms with Crippen molar-refractivity contribution in [2.75, 3.05) is 19.8 Å². The Morgan fingerprint density at radius 1 is 0.545 bits per heavy atom. The molecule has 0 spiro atoms. The number of carbonyl (C=O) groups excluding carboxylic acids is 1. The number of carbonyl (C=O) groups is 1. The van der Waals surface area contributed by atoms with E-state index < -0.39 is 6.10 Å². The normalized spacial score (nSPS) is 12.7. The summed E-state index contributed by atoms with van der Waals surface area (Å²) in [6, 6.07) is 0. The average Bonchev–Trinajstić information content (AvgIpc) is 3.03. The summed E-state index contributed by atoms with van der Waals surface area (Å²) in [6.45, 7) is 5.32. The van der Waals surface area contributed by atoms with Gasteiger partial charge in [0.1, 0.15) is 6.10 Å². The molecule has 1 atom stereocenters. The van der Waals surface area contributed by atoms with Crippen LogP contribution in [-0.2, 0) is 14.3 Å². The van der Waals surface area contributed by atoms with Gasteiger partial charge in [-0.3, -0.25) is 4.79 Å². The Bertz CT molecular complexity index is 654. The van der Waals surface area contributed by atoms with E-state index in [1.165, 1.54) is 122 Å². The first-order valence-corrected chi connectivity index (χ1v) is 19.1. The summed E-state index contributed by atoms with van der Waals surface area (Å²) < 4.78 is 11.1. The molecule has 1 unspecified atom stereocenters. The number of esters is 1. The summed E-state index contributed by atoms with van der Waals surface area (Å²) in [5, 5.41) is 9.54. The van der Waals surface area contributed by atoms with Gasteiger partial charge in [-0.25, -0.2) is 0 Å². The smallest absolute Gasteiger partial charge is 0.306 e. The molecular formula is C40H74O4. The minimum Gasteiger partial charge on any atom is -0.457 e. The van der Waals surface area contributed by atoms with Crippen LogP contribution in [-0.4, -0.2) is 37.0 Å². The summed E-state index contributed by atoms with van der Waals surface area (Å²) in [5.74, 6) is -0.213. The number of ether oxygens (including phenoxy) is 2. The number of aliphatic hydroxyl groups excluding tert-OH is 1. The van der Waals surface area contributed by atoms with Crippen molar-refractivity contribution in [3.8, 4) is 0 Å². The zero-order chi connectivity index (χ0) is 32.0. The Labute approximate surface area is 274 Å². The van der Waals surface area contributed by atoms with Crippen LogP contribution in [0.1, 0.15) is 187 Å². The van der Waals surface area contributed by atoms with E-state index in [1.807, 2.05) is 0 Å². The highest BCUT2D eigenvalue weighted by Gasteiger charge is 2.13. The van der Waals surface area contributed by atoms with Gasteiger partial charge in [-0.1, -0.05) is 166 Å². The van der Waals surface area contributed by atoms with E-state index in [4.69, 9.17) is 9.47 Å². The second-order valence-corrected chi connectivity index (χ2v) is 12.7. The van der Waals surface area contributed by atoms with Crippen LogP contribution in [0, 0.1) is 0 Å². The molecule has 0 rings (SSSR count). The largest absolute Gasteiger partial charge is 0.457 e. The molecule has 0 aromatic rings. The maximum atomic E-state index is 12.1. The van der Waals surface area contributed by atoms with E-state index in [1.54, 1.807) is 0 Å². The van der Waals surface area contributed by atoms with Gasteiger partial charge in [-0.15, -0.1) is 0 Å². The van der Waals surface area contributed by atoms with Crippen LogP contribution >= 0.6 is 0 Å². The molecule has 0 aliphatic heterocycles. The molecule has 0 aromatic carbocycles. The van der Waals surface area contributed by atoms with Gasteiger partial charge in [0.25, 0.3) is 0 Å². The maximum absolute atomic E-state index is 12.1. The summed E-state index contributed by atoms with van der Waals surface area (Å²) in [4.78, 5) is 12.1. The first kappa shape index (κ1) is 42.6. The van der Waals surface area contributed by atoms with Crippen molar-refractivity contribution in [1.29, 1.82) is 0 Å². The molecule has 0 heterocycles. The molecule has 0 bridgehead atoms. The molecule has 0 radical (unpaired) electrons. The standard InChI is InChI=1S/C40H74O4/c1-3-5-7-9-11-13-15-16-17-18-19-20-21-22-23-24-25-27-29-31-33-35-40(42)44-39(37-41)38-43-36-34-32-30-28-26-14-12-10-8-6-4-2/h15-16,18-19,21-22,39,41H,3-14,17,20,23-38H2,1-2H3/b16-15-,19-18-,22-21-. The minimum absolute atomic E-state index is 0.175. The minimum atomic E-state index is -0.537. The molecule has 0 saturated heterocycles. The second-order valence-electron chi connectivity index (χ2n) is 12.7. The first-order chi connectivity index (χ1) is 21.7. The summed E-state index contributed by atoms with van der Waals surface area (Å²) in [6.07, 6.45) is 46.1.